The van der Waals surface area contributed by atoms with E-state index in [-0.39, 0.29) is 11.6 Å². The van der Waals surface area contributed by atoms with E-state index in [0.29, 0.717) is 11.1 Å². The highest BCUT2D eigenvalue weighted by Crippen LogP contribution is 2.04. The molecule has 16 heavy (non-hydrogen) atoms. The highest BCUT2D eigenvalue weighted by atomic mass is 19.1. The van der Waals surface area contributed by atoms with Gasteiger partial charge in [0.2, 0.25) is 0 Å². The standard InChI is InChI=1S/C14H8F2/c15-13-5-1-3-11(9-13)7-8-12-4-2-6-14(16)10-12/h1-6,9-10H. The fourth-order valence-electron chi connectivity index (χ4n) is 1.28. The second kappa shape index (κ2) is 4.59. The molecule has 0 spiro atoms. The van der Waals surface area contributed by atoms with Crippen LogP contribution in [0.5, 0.6) is 0 Å². The molecular weight excluding hydrogens is 206 g/mol. The van der Waals surface area contributed by atoms with E-state index in [4.69, 9.17) is 0 Å². The van der Waals surface area contributed by atoms with Crippen LogP contribution in [0, 0.1) is 23.5 Å². The van der Waals surface area contributed by atoms with E-state index < -0.39 is 0 Å². The molecule has 0 amide bonds. The Bertz CT molecular complexity index is 513. The fourth-order valence-corrected chi connectivity index (χ4v) is 1.28. The number of hydrogen-bond acceptors (Lipinski definition) is 0. The van der Waals surface area contributed by atoms with Gasteiger partial charge in [0.1, 0.15) is 11.6 Å². The van der Waals surface area contributed by atoms with Gasteiger partial charge in [0, 0.05) is 11.1 Å². The zero-order valence-corrected chi connectivity index (χ0v) is 8.37. The molecule has 0 fully saturated rings. The van der Waals surface area contributed by atoms with Crippen molar-refractivity contribution < 1.29 is 8.78 Å². The van der Waals surface area contributed by atoms with Crippen LogP contribution in [0.25, 0.3) is 0 Å². The highest BCUT2D eigenvalue weighted by Gasteiger charge is 1.92. The lowest BCUT2D eigenvalue weighted by Crippen LogP contribution is -1.79. The molecule has 78 valence electrons. The van der Waals surface area contributed by atoms with Crippen LogP contribution in [0.2, 0.25) is 0 Å². The van der Waals surface area contributed by atoms with Crippen LogP contribution in [0.1, 0.15) is 11.1 Å². The van der Waals surface area contributed by atoms with Crippen LogP contribution in [0.3, 0.4) is 0 Å². The molecule has 0 radical (unpaired) electrons. The van der Waals surface area contributed by atoms with E-state index in [1.54, 1.807) is 24.3 Å². The molecule has 0 aliphatic rings. The predicted octanol–water partition coefficient (Wildman–Crippen LogP) is 3.36. The molecular formula is C14H8F2. The summed E-state index contributed by atoms with van der Waals surface area (Å²) in [7, 11) is 0. The minimum atomic E-state index is -0.328. The Balaban J connectivity index is 2.28. The zero-order valence-electron chi connectivity index (χ0n) is 8.37. The first-order chi connectivity index (χ1) is 7.74. The molecule has 0 unspecified atom stereocenters. The van der Waals surface area contributed by atoms with Crippen molar-refractivity contribution in [1.29, 1.82) is 0 Å². The minimum Gasteiger partial charge on any atom is -0.207 e. The van der Waals surface area contributed by atoms with Crippen LogP contribution in [0.4, 0.5) is 8.78 Å². The van der Waals surface area contributed by atoms with E-state index in [0.717, 1.165) is 0 Å². The van der Waals surface area contributed by atoms with Crippen LogP contribution >= 0.6 is 0 Å². The van der Waals surface area contributed by atoms with Gasteiger partial charge in [-0.25, -0.2) is 8.78 Å². The van der Waals surface area contributed by atoms with Gasteiger partial charge in [-0.1, -0.05) is 24.0 Å². The average Bonchev–Trinajstić information content (AvgIpc) is 2.27. The van der Waals surface area contributed by atoms with Crippen molar-refractivity contribution in [3.05, 3.63) is 71.3 Å². The summed E-state index contributed by atoms with van der Waals surface area (Å²) in [5, 5.41) is 0. The average molecular weight is 214 g/mol. The van der Waals surface area contributed by atoms with Crippen LogP contribution in [-0.4, -0.2) is 0 Å². The summed E-state index contributed by atoms with van der Waals surface area (Å²) in [6, 6.07) is 12.0. The largest absolute Gasteiger partial charge is 0.207 e. The molecule has 0 N–H and O–H groups in total. The molecule has 0 bridgehead atoms. The van der Waals surface area contributed by atoms with E-state index >= 15 is 0 Å². The van der Waals surface area contributed by atoms with Crippen molar-refractivity contribution in [3.8, 4) is 11.8 Å². The van der Waals surface area contributed by atoms with Gasteiger partial charge in [-0.2, -0.15) is 0 Å². The molecule has 0 aliphatic heterocycles. The van der Waals surface area contributed by atoms with E-state index in [9.17, 15) is 8.78 Å². The summed E-state index contributed by atoms with van der Waals surface area (Å²) in [5.74, 6) is 4.89. The van der Waals surface area contributed by atoms with Crippen molar-refractivity contribution >= 4 is 0 Å². The van der Waals surface area contributed by atoms with E-state index in [1.807, 2.05) is 0 Å². The molecule has 2 rings (SSSR count). The predicted molar refractivity (Wildman–Crippen MR) is 58.8 cm³/mol. The second-order valence-corrected chi connectivity index (χ2v) is 3.27. The minimum absolute atomic E-state index is 0.328. The first kappa shape index (κ1) is 10.4. The molecule has 0 aromatic heterocycles. The lowest BCUT2D eigenvalue weighted by atomic mass is 10.2. The van der Waals surface area contributed by atoms with Crippen LogP contribution in [-0.2, 0) is 0 Å². The maximum absolute atomic E-state index is 12.8. The topological polar surface area (TPSA) is 0 Å². The maximum Gasteiger partial charge on any atom is 0.124 e. The maximum atomic E-state index is 12.8. The first-order valence-electron chi connectivity index (χ1n) is 4.77. The van der Waals surface area contributed by atoms with Gasteiger partial charge in [0.05, 0.1) is 0 Å². The molecule has 0 heterocycles. The van der Waals surface area contributed by atoms with Gasteiger partial charge in [-0.3, -0.25) is 0 Å². The smallest absolute Gasteiger partial charge is 0.124 e. The van der Waals surface area contributed by atoms with Gasteiger partial charge in [-0.15, -0.1) is 0 Å². The Labute approximate surface area is 92.5 Å². The van der Waals surface area contributed by atoms with E-state index in [2.05, 4.69) is 11.8 Å². The van der Waals surface area contributed by atoms with Crippen molar-refractivity contribution in [2.45, 2.75) is 0 Å². The van der Waals surface area contributed by atoms with Gasteiger partial charge < -0.3 is 0 Å². The quantitative estimate of drug-likeness (QED) is 0.590. The molecule has 2 heteroatoms. The van der Waals surface area contributed by atoms with Gasteiger partial charge in [0.15, 0.2) is 0 Å². The lowest BCUT2D eigenvalue weighted by Gasteiger charge is -1.91. The number of halogens is 2. The Hall–Kier alpha value is -2.14. The van der Waals surface area contributed by atoms with Crippen molar-refractivity contribution in [3.63, 3.8) is 0 Å². The molecule has 2 aromatic rings. The normalized spacial score (nSPS) is 9.38. The summed E-state index contributed by atoms with van der Waals surface area (Å²) in [5.41, 5.74) is 1.15. The zero-order chi connectivity index (χ0) is 11.4. The summed E-state index contributed by atoms with van der Waals surface area (Å²) >= 11 is 0. The second-order valence-electron chi connectivity index (χ2n) is 3.27. The Morgan fingerprint density at radius 2 is 1.12 bits per heavy atom. The van der Waals surface area contributed by atoms with Crippen LogP contribution in [0.15, 0.2) is 48.5 Å². The van der Waals surface area contributed by atoms with Crippen molar-refractivity contribution in [1.82, 2.24) is 0 Å². The van der Waals surface area contributed by atoms with Gasteiger partial charge >= 0.3 is 0 Å². The van der Waals surface area contributed by atoms with Crippen LogP contribution < -0.4 is 0 Å². The van der Waals surface area contributed by atoms with Crippen molar-refractivity contribution in [2.75, 3.05) is 0 Å². The summed E-state index contributed by atoms with van der Waals surface area (Å²) in [6.07, 6.45) is 0. The third-order valence-electron chi connectivity index (χ3n) is 2.00. The third kappa shape index (κ3) is 2.68. The lowest BCUT2D eigenvalue weighted by molar-refractivity contribution is 0.627. The summed E-state index contributed by atoms with van der Waals surface area (Å²) < 4.78 is 25.7. The third-order valence-corrected chi connectivity index (χ3v) is 2.00. The number of benzene rings is 2. The number of rotatable bonds is 0. The number of hydrogen-bond donors (Lipinski definition) is 0. The first-order valence-corrected chi connectivity index (χ1v) is 4.77. The molecule has 0 atom stereocenters. The summed E-state index contributed by atoms with van der Waals surface area (Å²) in [4.78, 5) is 0. The molecule has 0 nitrogen and oxygen atoms in total. The van der Waals surface area contributed by atoms with Gasteiger partial charge in [0.25, 0.3) is 0 Å². The molecule has 0 saturated heterocycles. The Morgan fingerprint density at radius 3 is 1.50 bits per heavy atom. The molecule has 0 saturated carbocycles. The SMILES string of the molecule is Fc1cccc(C#Cc2cccc(F)c2)c1. The highest BCUT2D eigenvalue weighted by molar-refractivity contribution is 5.42. The Kier molecular flexibility index (Phi) is 2.98. The Morgan fingerprint density at radius 1 is 0.688 bits per heavy atom. The van der Waals surface area contributed by atoms with Crippen molar-refractivity contribution in [2.24, 2.45) is 0 Å². The fraction of sp³-hybridized carbons (Fsp3) is 0. The summed E-state index contributed by atoms with van der Waals surface area (Å²) in [6.45, 7) is 0. The monoisotopic (exact) mass is 214 g/mol. The molecule has 2 aromatic carbocycles. The molecule has 0 aliphatic carbocycles. The van der Waals surface area contributed by atoms with E-state index in [1.165, 1.54) is 24.3 Å². The van der Waals surface area contributed by atoms with Gasteiger partial charge in [-0.05, 0) is 36.4 Å².